The minimum absolute atomic E-state index is 0.324. The second-order valence-corrected chi connectivity index (χ2v) is 3.23. The van der Waals surface area contributed by atoms with E-state index < -0.39 is 6.10 Å². The average molecular weight is 204 g/mol. The van der Waals surface area contributed by atoms with E-state index in [0.29, 0.717) is 6.61 Å². The predicted molar refractivity (Wildman–Crippen MR) is 60.6 cm³/mol. The molecular formula is C13H16O2. The summed E-state index contributed by atoms with van der Waals surface area (Å²) in [5, 5.41) is 9.32. The van der Waals surface area contributed by atoms with Crippen molar-refractivity contribution in [1.82, 2.24) is 0 Å². The van der Waals surface area contributed by atoms with Crippen LogP contribution in [0.3, 0.4) is 0 Å². The minimum atomic E-state index is -0.519. The van der Waals surface area contributed by atoms with Crippen LogP contribution in [0.2, 0.25) is 0 Å². The molecule has 0 saturated heterocycles. The molecule has 0 aliphatic heterocycles. The highest BCUT2D eigenvalue weighted by Crippen LogP contribution is 2.07. The normalized spacial score (nSPS) is 11.3. The second kappa shape index (κ2) is 6.92. The van der Waals surface area contributed by atoms with Crippen molar-refractivity contribution < 1.29 is 9.84 Å². The Hall–Kier alpha value is -1.46. The first-order valence-corrected chi connectivity index (χ1v) is 5.17. The van der Waals surface area contributed by atoms with E-state index >= 15 is 0 Å². The van der Waals surface area contributed by atoms with E-state index in [2.05, 4.69) is 11.8 Å². The maximum Gasteiger partial charge on any atom is 0.149 e. The second-order valence-electron chi connectivity index (χ2n) is 3.23. The minimum Gasteiger partial charge on any atom is -0.481 e. The van der Waals surface area contributed by atoms with Crippen molar-refractivity contribution in [3.63, 3.8) is 0 Å². The SMILES string of the molecule is CCCC(O)C#CCOc1ccccc1. The molecule has 0 aliphatic rings. The Morgan fingerprint density at radius 3 is 2.73 bits per heavy atom. The molecule has 0 amide bonds. The molecule has 0 aliphatic carbocycles. The van der Waals surface area contributed by atoms with Crippen LogP contribution in [-0.2, 0) is 0 Å². The van der Waals surface area contributed by atoms with Crippen molar-refractivity contribution in [1.29, 1.82) is 0 Å². The first-order valence-electron chi connectivity index (χ1n) is 5.17. The lowest BCUT2D eigenvalue weighted by atomic mass is 10.2. The Morgan fingerprint density at radius 2 is 2.07 bits per heavy atom. The van der Waals surface area contributed by atoms with Crippen molar-refractivity contribution in [2.75, 3.05) is 6.61 Å². The van der Waals surface area contributed by atoms with Gasteiger partial charge in [-0.05, 0) is 18.6 Å². The smallest absolute Gasteiger partial charge is 0.149 e. The summed E-state index contributed by atoms with van der Waals surface area (Å²) in [4.78, 5) is 0. The maximum absolute atomic E-state index is 9.32. The molecule has 1 rings (SSSR count). The van der Waals surface area contributed by atoms with Crippen LogP contribution in [0.25, 0.3) is 0 Å². The van der Waals surface area contributed by atoms with Crippen LogP contribution < -0.4 is 4.74 Å². The first-order chi connectivity index (χ1) is 7.33. The fraction of sp³-hybridized carbons (Fsp3) is 0.385. The Bertz CT molecular complexity index is 321. The van der Waals surface area contributed by atoms with Gasteiger partial charge in [0.05, 0.1) is 0 Å². The van der Waals surface area contributed by atoms with Gasteiger partial charge >= 0.3 is 0 Å². The molecule has 1 N–H and O–H groups in total. The van der Waals surface area contributed by atoms with Gasteiger partial charge in [0.2, 0.25) is 0 Å². The van der Waals surface area contributed by atoms with Gasteiger partial charge in [-0.1, -0.05) is 43.4 Å². The number of aliphatic hydroxyl groups excluding tert-OH is 1. The molecule has 2 heteroatoms. The molecule has 0 fully saturated rings. The van der Waals surface area contributed by atoms with Crippen molar-refractivity contribution in [3.8, 4) is 17.6 Å². The van der Waals surface area contributed by atoms with Crippen molar-refractivity contribution in [2.24, 2.45) is 0 Å². The van der Waals surface area contributed by atoms with Gasteiger partial charge in [-0.2, -0.15) is 0 Å². The van der Waals surface area contributed by atoms with Crippen LogP contribution in [0.5, 0.6) is 5.75 Å². The van der Waals surface area contributed by atoms with Crippen LogP contribution in [0.4, 0.5) is 0 Å². The molecule has 0 spiro atoms. The Balaban J connectivity index is 2.27. The zero-order chi connectivity index (χ0) is 10.9. The third-order valence-electron chi connectivity index (χ3n) is 1.88. The maximum atomic E-state index is 9.32. The summed E-state index contributed by atoms with van der Waals surface area (Å²) < 4.78 is 5.35. The number of aliphatic hydroxyl groups is 1. The van der Waals surface area contributed by atoms with E-state index in [1.54, 1.807) is 0 Å². The summed E-state index contributed by atoms with van der Waals surface area (Å²) in [5.74, 6) is 6.33. The summed E-state index contributed by atoms with van der Waals surface area (Å²) >= 11 is 0. The predicted octanol–water partition coefficient (Wildman–Crippen LogP) is 2.23. The summed E-state index contributed by atoms with van der Waals surface area (Å²) in [7, 11) is 0. The molecular weight excluding hydrogens is 188 g/mol. The number of hydrogen-bond acceptors (Lipinski definition) is 2. The molecule has 0 heterocycles. The number of ether oxygens (including phenoxy) is 1. The summed E-state index contributed by atoms with van der Waals surface area (Å²) in [6, 6.07) is 9.52. The van der Waals surface area contributed by atoms with Gasteiger partial charge in [-0.3, -0.25) is 0 Å². The first kappa shape index (κ1) is 11.6. The molecule has 1 aromatic carbocycles. The fourth-order valence-corrected chi connectivity index (χ4v) is 1.14. The van der Waals surface area contributed by atoms with Crippen molar-refractivity contribution >= 4 is 0 Å². The third kappa shape index (κ3) is 5.09. The average Bonchev–Trinajstić information content (AvgIpc) is 2.26. The van der Waals surface area contributed by atoms with Gasteiger partial charge in [-0.15, -0.1) is 0 Å². The van der Waals surface area contributed by atoms with Crippen LogP contribution in [0, 0.1) is 11.8 Å². The largest absolute Gasteiger partial charge is 0.481 e. The monoisotopic (exact) mass is 204 g/mol. The summed E-state index contributed by atoms with van der Waals surface area (Å²) in [6.07, 6.45) is 1.14. The van der Waals surface area contributed by atoms with Gasteiger partial charge in [0.1, 0.15) is 18.5 Å². The molecule has 0 bridgehead atoms. The van der Waals surface area contributed by atoms with E-state index in [9.17, 15) is 5.11 Å². The molecule has 0 radical (unpaired) electrons. The van der Waals surface area contributed by atoms with Gasteiger partial charge in [0.15, 0.2) is 0 Å². The van der Waals surface area contributed by atoms with E-state index in [1.165, 1.54) is 0 Å². The molecule has 0 aromatic heterocycles. The van der Waals surface area contributed by atoms with Gasteiger partial charge < -0.3 is 9.84 Å². The molecule has 15 heavy (non-hydrogen) atoms. The van der Waals surface area contributed by atoms with Gasteiger partial charge in [-0.25, -0.2) is 0 Å². The van der Waals surface area contributed by atoms with E-state index in [1.807, 2.05) is 37.3 Å². The quantitative estimate of drug-likeness (QED) is 0.762. The molecule has 1 atom stereocenters. The zero-order valence-corrected chi connectivity index (χ0v) is 8.94. The summed E-state index contributed by atoms with van der Waals surface area (Å²) in [5.41, 5.74) is 0. The highest BCUT2D eigenvalue weighted by Gasteiger charge is 1.94. The lowest BCUT2D eigenvalue weighted by Gasteiger charge is -2.01. The highest BCUT2D eigenvalue weighted by molar-refractivity contribution is 5.21. The van der Waals surface area contributed by atoms with E-state index in [0.717, 1.165) is 18.6 Å². The van der Waals surface area contributed by atoms with E-state index in [4.69, 9.17) is 4.74 Å². The number of benzene rings is 1. The Kier molecular flexibility index (Phi) is 5.35. The summed E-state index contributed by atoms with van der Waals surface area (Å²) in [6.45, 7) is 2.34. The molecule has 2 nitrogen and oxygen atoms in total. The Labute approximate surface area is 90.9 Å². The number of rotatable bonds is 4. The van der Waals surface area contributed by atoms with Crippen LogP contribution in [0.1, 0.15) is 19.8 Å². The number of para-hydroxylation sites is 1. The third-order valence-corrected chi connectivity index (χ3v) is 1.88. The van der Waals surface area contributed by atoms with Crippen LogP contribution in [0.15, 0.2) is 30.3 Å². The van der Waals surface area contributed by atoms with E-state index in [-0.39, 0.29) is 0 Å². The van der Waals surface area contributed by atoms with Gasteiger partial charge in [0, 0.05) is 0 Å². The van der Waals surface area contributed by atoms with Crippen molar-refractivity contribution in [3.05, 3.63) is 30.3 Å². The molecule has 80 valence electrons. The van der Waals surface area contributed by atoms with Crippen LogP contribution >= 0.6 is 0 Å². The van der Waals surface area contributed by atoms with Gasteiger partial charge in [0.25, 0.3) is 0 Å². The topological polar surface area (TPSA) is 29.5 Å². The molecule has 1 unspecified atom stereocenters. The molecule has 0 saturated carbocycles. The zero-order valence-electron chi connectivity index (χ0n) is 8.94. The number of hydrogen-bond donors (Lipinski definition) is 1. The standard InChI is InChI=1S/C13H16O2/c1-2-7-12(14)8-6-11-15-13-9-4-3-5-10-13/h3-5,9-10,12,14H,2,7,11H2,1H3. The lowest BCUT2D eigenvalue weighted by Crippen LogP contribution is -2.02. The highest BCUT2D eigenvalue weighted by atomic mass is 16.5. The lowest BCUT2D eigenvalue weighted by molar-refractivity contribution is 0.220. The van der Waals surface area contributed by atoms with Crippen molar-refractivity contribution in [2.45, 2.75) is 25.9 Å². The fourth-order valence-electron chi connectivity index (χ4n) is 1.14. The molecule has 1 aromatic rings. The van der Waals surface area contributed by atoms with Crippen LogP contribution in [-0.4, -0.2) is 17.8 Å². The Morgan fingerprint density at radius 1 is 1.33 bits per heavy atom.